The van der Waals surface area contributed by atoms with Gasteiger partial charge in [0.25, 0.3) is 5.69 Å². The van der Waals surface area contributed by atoms with Crippen LogP contribution < -0.4 is 0 Å². The molecule has 72 valence electrons. The van der Waals surface area contributed by atoms with E-state index in [1.165, 1.54) is 6.07 Å². The van der Waals surface area contributed by atoms with Crippen LogP contribution in [0.1, 0.15) is 24.8 Å². The van der Waals surface area contributed by atoms with Crippen LogP contribution in [0.15, 0.2) is 24.3 Å². The van der Waals surface area contributed by atoms with Crippen LogP contribution >= 0.6 is 0 Å². The predicted molar refractivity (Wildman–Crippen MR) is 51.7 cm³/mol. The standard InChI is InChI=1S/C10H10N2O2/c1-8(6-7-11)9-4-2-3-5-10(9)12(13)14/h2-5,8H,6H2,1H3. The van der Waals surface area contributed by atoms with E-state index in [9.17, 15) is 10.1 Å². The highest BCUT2D eigenvalue weighted by Crippen LogP contribution is 2.27. The SMILES string of the molecule is CC(CC#N)c1ccccc1[N+](=O)[O-]. The van der Waals surface area contributed by atoms with Gasteiger partial charge >= 0.3 is 0 Å². The summed E-state index contributed by atoms with van der Waals surface area (Å²) in [5.41, 5.74) is 0.717. The number of para-hydroxylation sites is 1. The summed E-state index contributed by atoms with van der Waals surface area (Å²) in [7, 11) is 0. The topological polar surface area (TPSA) is 66.9 Å². The average molecular weight is 190 g/mol. The lowest BCUT2D eigenvalue weighted by atomic mass is 9.97. The van der Waals surface area contributed by atoms with E-state index in [1.807, 2.05) is 13.0 Å². The van der Waals surface area contributed by atoms with Crippen molar-refractivity contribution in [3.8, 4) is 6.07 Å². The zero-order chi connectivity index (χ0) is 10.6. The van der Waals surface area contributed by atoms with E-state index in [1.54, 1.807) is 18.2 Å². The van der Waals surface area contributed by atoms with Crippen molar-refractivity contribution in [3.63, 3.8) is 0 Å². The van der Waals surface area contributed by atoms with Crippen LogP contribution in [0.4, 0.5) is 5.69 Å². The third-order valence-electron chi connectivity index (χ3n) is 2.06. The second-order valence-electron chi connectivity index (χ2n) is 3.08. The predicted octanol–water partition coefficient (Wildman–Crippen LogP) is 2.61. The van der Waals surface area contributed by atoms with Gasteiger partial charge in [0, 0.05) is 24.0 Å². The maximum absolute atomic E-state index is 10.7. The van der Waals surface area contributed by atoms with Crippen LogP contribution in [0.3, 0.4) is 0 Å². The van der Waals surface area contributed by atoms with Crippen LogP contribution in [0.25, 0.3) is 0 Å². The molecule has 4 heteroatoms. The largest absolute Gasteiger partial charge is 0.272 e. The van der Waals surface area contributed by atoms with Crippen molar-refractivity contribution < 1.29 is 4.92 Å². The molecule has 0 aliphatic rings. The first-order valence-electron chi connectivity index (χ1n) is 4.27. The number of rotatable bonds is 3. The molecular formula is C10H10N2O2. The summed E-state index contributed by atoms with van der Waals surface area (Å²) in [6.07, 6.45) is 0.296. The Morgan fingerprint density at radius 2 is 2.21 bits per heavy atom. The number of nitro benzene ring substituents is 1. The monoisotopic (exact) mass is 190 g/mol. The lowest BCUT2D eigenvalue weighted by Gasteiger charge is -2.07. The summed E-state index contributed by atoms with van der Waals surface area (Å²) in [5.74, 6) is -0.0957. The van der Waals surface area contributed by atoms with Gasteiger partial charge < -0.3 is 0 Å². The number of nitriles is 1. The molecule has 1 aromatic rings. The summed E-state index contributed by atoms with van der Waals surface area (Å²) < 4.78 is 0. The summed E-state index contributed by atoms with van der Waals surface area (Å²) in [6, 6.07) is 8.54. The van der Waals surface area contributed by atoms with Crippen LogP contribution in [0.5, 0.6) is 0 Å². The van der Waals surface area contributed by atoms with Gasteiger partial charge in [-0.05, 0) is 0 Å². The number of benzene rings is 1. The van der Waals surface area contributed by atoms with E-state index >= 15 is 0 Å². The van der Waals surface area contributed by atoms with E-state index in [0.29, 0.717) is 12.0 Å². The molecule has 0 bridgehead atoms. The van der Waals surface area contributed by atoms with Crippen LogP contribution in [0.2, 0.25) is 0 Å². The van der Waals surface area contributed by atoms with Crippen molar-refractivity contribution in [1.82, 2.24) is 0 Å². The lowest BCUT2D eigenvalue weighted by Crippen LogP contribution is -1.98. The maximum atomic E-state index is 10.7. The van der Waals surface area contributed by atoms with Gasteiger partial charge in [0.05, 0.1) is 11.0 Å². The molecule has 0 fully saturated rings. The van der Waals surface area contributed by atoms with Crippen molar-refractivity contribution in [2.45, 2.75) is 19.3 Å². The molecule has 0 aromatic heterocycles. The quantitative estimate of drug-likeness (QED) is 0.543. The van der Waals surface area contributed by atoms with Crippen LogP contribution in [0, 0.1) is 21.4 Å². The highest BCUT2D eigenvalue weighted by Gasteiger charge is 2.17. The molecule has 1 aromatic carbocycles. The summed E-state index contributed by atoms with van der Waals surface area (Å²) >= 11 is 0. The fourth-order valence-electron chi connectivity index (χ4n) is 1.32. The number of hydrogen-bond acceptors (Lipinski definition) is 3. The Morgan fingerprint density at radius 3 is 2.79 bits per heavy atom. The number of hydrogen-bond donors (Lipinski definition) is 0. The van der Waals surface area contributed by atoms with Gasteiger partial charge in [-0.1, -0.05) is 25.1 Å². The van der Waals surface area contributed by atoms with Gasteiger partial charge in [-0.25, -0.2) is 0 Å². The second kappa shape index (κ2) is 4.38. The molecule has 0 aliphatic carbocycles. The zero-order valence-corrected chi connectivity index (χ0v) is 7.80. The molecule has 1 atom stereocenters. The third-order valence-corrected chi connectivity index (χ3v) is 2.06. The van der Waals surface area contributed by atoms with Gasteiger partial charge in [-0.15, -0.1) is 0 Å². The molecule has 0 N–H and O–H groups in total. The molecule has 4 nitrogen and oxygen atoms in total. The smallest absolute Gasteiger partial charge is 0.258 e. The number of nitrogens with zero attached hydrogens (tertiary/aromatic N) is 2. The van der Waals surface area contributed by atoms with E-state index in [0.717, 1.165) is 0 Å². The molecule has 14 heavy (non-hydrogen) atoms. The molecule has 0 heterocycles. The fourth-order valence-corrected chi connectivity index (χ4v) is 1.32. The minimum Gasteiger partial charge on any atom is -0.258 e. The van der Waals surface area contributed by atoms with Crippen molar-refractivity contribution >= 4 is 5.69 Å². The second-order valence-corrected chi connectivity index (χ2v) is 3.08. The van der Waals surface area contributed by atoms with Crippen molar-refractivity contribution in [2.75, 3.05) is 0 Å². The van der Waals surface area contributed by atoms with Crippen LogP contribution in [-0.2, 0) is 0 Å². The first-order valence-corrected chi connectivity index (χ1v) is 4.27. The first-order chi connectivity index (χ1) is 6.66. The van der Waals surface area contributed by atoms with E-state index in [2.05, 4.69) is 0 Å². The van der Waals surface area contributed by atoms with Crippen molar-refractivity contribution in [1.29, 1.82) is 5.26 Å². The van der Waals surface area contributed by atoms with E-state index < -0.39 is 4.92 Å². The molecule has 0 amide bonds. The molecular weight excluding hydrogens is 180 g/mol. The van der Waals surface area contributed by atoms with Crippen LogP contribution in [-0.4, -0.2) is 4.92 Å². The van der Waals surface area contributed by atoms with E-state index in [-0.39, 0.29) is 11.6 Å². The Labute approximate surface area is 81.9 Å². The van der Waals surface area contributed by atoms with E-state index in [4.69, 9.17) is 5.26 Å². The Morgan fingerprint density at radius 1 is 1.57 bits per heavy atom. The minimum absolute atomic E-state index is 0.0928. The summed E-state index contributed by atoms with van der Waals surface area (Å²) in [6.45, 7) is 1.81. The number of nitro groups is 1. The molecule has 0 saturated carbocycles. The van der Waals surface area contributed by atoms with Gasteiger partial charge in [0.15, 0.2) is 0 Å². The van der Waals surface area contributed by atoms with Crippen molar-refractivity contribution in [2.24, 2.45) is 0 Å². The van der Waals surface area contributed by atoms with Crippen molar-refractivity contribution in [3.05, 3.63) is 39.9 Å². The summed E-state index contributed by atoms with van der Waals surface area (Å²) in [4.78, 5) is 10.2. The van der Waals surface area contributed by atoms with Gasteiger partial charge in [0.2, 0.25) is 0 Å². The molecule has 0 saturated heterocycles. The zero-order valence-electron chi connectivity index (χ0n) is 7.80. The highest BCUT2D eigenvalue weighted by atomic mass is 16.6. The van der Waals surface area contributed by atoms with Gasteiger partial charge in [-0.2, -0.15) is 5.26 Å². The van der Waals surface area contributed by atoms with Gasteiger partial charge in [-0.3, -0.25) is 10.1 Å². The lowest BCUT2D eigenvalue weighted by molar-refractivity contribution is -0.385. The Bertz CT molecular complexity index is 382. The molecule has 0 spiro atoms. The fraction of sp³-hybridized carbons (Fsp3) is 0.300. The molecule has 1 rings (SSSR count). The summed E-state index contributed by atoms with van der Waals surface area (Å²) in [5, 5.41) is 19.2. The Hall–Kier alpha value is -1.89. The molecule has 1 unspecified atom stereocenters. The van der Waals surface area contributed by atoms with Gasteiger partial charge in [0.1, 0.15) is 0 Å². The normalized spacial score (nSPS) is 11.7. The average Bonchev–Trinajstić information content (AvgIpc) is 2.18. The Balaban J connectivity index is 3.08. The third kappa shape index (κ3) is 2.07. The minimum atomic E-state index is -0.413. The highest BCUT2D eigenvalue weighted by molar-refractivity contribution is 5.42. The first kappa shape index (κ1) is 10.2. The Kier molecular flexibility index (Phi) is 3.19. The maximum Gasteiger partial charge on any atom is 0.272 e. The molecule has 0 radical (unpaired) electrons. The molecule has 0 aliphatic heterocycles.